The van der Waals surface area contributed by atoms with Crippen LogP contribution in [0.3, 0.4) is 0 Å². The molecule has 0 bridgehead atoms. The van der Waals surface area contributed by atoms with E-state index >= 15 is 0 Å². The fourth-order valence-electron chi connectivity index (χ4n) is 3.79. The molecule has 0 fully saturated rings. The summed E-state index contributed by atoms with van der Waals surface area (Å²) in [4.78, 5) is 41.5. The molecule has 3 aromatic carbocycles. The van der Waals surface area contributed by atoms with Gasteiger partial charge in [-0.1, -0.05) is 29.5 Å². The molecule has 0 atom stereocenters. The van der Waals surface area contributed by atoms with Gasteiger partial charge in [0.1, 0.15) is 16.4 Å². The second kappa shape index (κ2) is 10.7. The van der Waals surface area contributed by atoms with Crippen LogP contribution in [0, 0.1) is 6.92 Å². The number of carbonyl (C=O) groups is 3. The standard InChI is InChI=1S/C29H23N3O5S/c1-18-5-7-19(8-6-18)30-25-26(29(35)32(28(25)34)21-11-13-22(36-2)14-12-21)38-23-15-9-20(10-16-23)31-27(33)24-4-3-17-37-24/h3-17,30H,1-2H3,(H,31,33). The number of anilines is 3. The summed E-state index contributed by atoms with van der Waals surface area (Å²) in [6, 6.07) is 24.5. The van der Waals surface area contributed by atoms with Gasteiger partial charge in [-0.05, 0) is 79.7 Å². The van der Waals surface area contributed by atoms with Crippen molar-refractivity contribution in [2.75, 3.05) is 22.6 Å². The third-order valence-electron chi connectivity index (χ3n) is 5.77. The largest absolute Gasteiger partial charge is 0.497 e. The minimum atomic E-state index is -0.453. The topological polar surface area (TPSA) is 101 Å². The van der Waals surface area contributed by atoms with Crippen LogP contribution in [0.25, 0.3) is 0 Å². The molecule has 0 unspecified atom stereocenters. The number of carbonyl (C=O) groups excluding carboxylic acids is 3. The third-order valence-corrected chi connectivity index (χ3v) is 6.86. The van der Waals surface area contributed by atoms with Crippen molar-refractivity contribution in [3.63, 3.8) is 0 Å². The maximum Gasteiger partial charge on any atom is 0.291 e. The Morgan fingerprint density at radius 2 is 1.55 bits per heavy atom. The third kappa shape index (κ3) is 5.18. The molecule has 2 heterocycles. The molecule has 1 aromatic heterocycles. The van der Waals surface area contributed by atoms with E-state index in [0.29, 0.717) is 22.8 Å². The van der Waals surface area contributed by atoms with E-state index in [0.717, 1.165) is 15.4 Å². The van der Waals surface area contributed by atoms with E-state index in [4.69, 9.17) is 9.15 Å². The highest BCUT2D eigenvalue weighted by atomic mass is 32.2. The predicted molar refractivity (Wildman–Crippen MR) is 146 cm³/mol. The quantitative estimate of drug-likeness (QED) is 0.279. The smallest absolute Gasteiger partial charge is 0.291 e. The normalized spacial score (nSPS) is 13.2. The van der Waals surface area contributed by atoms with E-state index in [1.807, 2.05) is 31.2 Å². The van der Waals surface area contributed by atoms with Crippen molar-refractivity contribution in [1.29, 1.82) is 0 Å². The van der Waals surface area contributed by atoms with Crippen LogP contribution in [0.15, 0.2) is 111 Å². The fraction of sp³-hybridized carbons (Fsp3) is 0.0690. The van der Waals surface area contributed by atoms with Gasteiger partial charge in [0.15, 0.2) is 5.76 Å². The van der Waals surface area contributed by atoms with Gasteiger partial charge in [0.25, 0.3) is 17.7 Å². The van der Waals surface area contributed by atoms with Crippen LogP contribution in [-0.2, 0) is 9.59 Å². The number of imide groups is 1. The number of hydrogen-bond donors (Lipinski definition) is 2. The zero-order valence-corrected chi connectivity index (χ0v) is 21.4. The molecule has 3 amide bonds. The molecular formula is C29H23N3O5S. The van der Waals surface area contributed by atoms with E-state index < -0.39 is 11.8 Å². The molecule has 8 nitrogen and oxygen atoms in total. The molecule has 0 aliphatic carbocycles. The number of aryl methyl sites for hydroxylation is 1. The maximum atomic E-state index is 13.6. The molecule has 38 heavy (non-hydrogen) atoms. The van der Waals surface area contributed by atoms with Gasteiger partial charge < -0.3 is 19.8 Å². The average Bonchev–Trinajstić information content (AvgIpc) is 3.55. The number of thioether (sulfide) groups is 1. The summed E-state index contributed by atoms with van der Waals surface area (Å²) in [5.41, 5.74) is 2.96. The zero-order valence-electron chi connectivity index (χ0n) is 20.6. The van der Waals surface area contributed by atoms with Crippen molar-refractivity contribution in [2.24, 2.45) is 0 Å². The lowest BCUT2D eigenvalue weighted by atomic mass is 10.2. The zero-order chi connectivity index (χ0) is 26.6. The molecule has 0 spiro atoms. The number of furan rings is 1. The van der Waals surface area contributed by atoms with Crippen LogP contribution in [0.1, 0.15) is 16.1 Å². The second-order valence-electron chi connectivity index (χ2n) is 8.40. The SMILES string of the molecule is COc1ccc(N2C(=O)C(Nc3ccc(C)cc3)=C(Sc3ccc(NC(=O)c4ccco4)cc3)C2=O)cc1. The van der Waals surface area contributed by atoms with Crippen LogP contribution >= 0.6 is 11.8 Å². The van der Waals surface area contributed by atoms with Crippen LogP contribution in [0.5, 0.6) is 5.75 Å². The Balaban J connectivity index is 1.42. The minimum Gasteiger partial charge on any atom is -0.497 e. The molecule has 5 rings (SSSR count). The number of amides is 3. The number of rotatable bonds is 8. The average molecular weight is 526 g/mol. The number of methoxy groups -OCH3 is 1. The van der Waals surface area contributed by atoms with Crippen LogP contribution in [0.2, 0.25) is 0 Å². The molecule has 0 radical (unpaired) electrons. The molecule has 1 aliphatic rings. The maximum absolute atomic E-state index is 13.6. The van der Waals surface area contributed by atoms with Crippen molar-refractivity contribution in [1.82, 2.24) is 0 Å². The first-order chi connectivity index (χ1) is 18.4. The van der Waals surface area contributed by atoms with Crippen molar-refractivity contribution in [2.45, 2.75) is 11.8 Å². The summed E-state index contributed by atoms with van der Waals surface area (Å²) in [5, 5.41) is 5.91. The highest BCUT2D eigenvalue weighted by Crippen LogP contribution is 2.38. The van der Waals surface area contributed by atoms with E-state index in [-0.39, 0.29) is 22.3 Å². The van der Waals surface area contributed by atoms with Gasteiger partial charge in [-0.15, -0.1) is 0 Å². The molecular weight excluding hydrogens is 502 g/mol. The van der Waals surface area contributed by atoms with Crippen molar-refractivity contribution in [3.05, 3.63) is 113 Å². The lowest BCUT2D eigenvalue weighted by molar-refractivity contribution is -0.120. The monoisotopic (exact) mass is 525 g/mol. The van der Waals surface area contributed by atoms with Crippen molar-refractivity contribution in [3.8, 4) is 5.75 Å². The molecule has 1 aliphatic heterocycles. The van der Waals surface area contributed by atoms with Gasteiger partial charge in [0.2, 0.25) is 0 Å². The number of hydrogen-bond acceptors (Lipinski definition) is 7. The van der Waals surface area contributed by atoms with Gasteiger partial charge in [-0.3, -0.25) is 14.4 Å². The number of nitrogens with one attached hydrogen (secondary N) is 2. The predicted octanol–water partition coefficient (Wildman–Crippen LogP) is 5.84. The van der Waals surface area contributed by atoms with E-state index in [9.17, 15) is 14.4 Å². The van der Waals surface area contributed by atoms with E-state index in [2.05, 4.69) is 10.6 Å². The summed E-state index contributed by atoms with van der Waals surface area (Å²) in [6.45, 7) is 1.97. The summed E-state index contributed by atoms with van der Waals surface area (Å²) in [5.74, 6) is -0.434. The van der Waals surface area contributed by atoms with Crippen molar-refractivity contribution >= 4 is 46.5 Å². The van der Waals surface area contributed by atoms with Crippen molar-refractivity contribution < 1.29 is 23.5 Å². The van der Waals surface area contributed by atoms with Crippen LogP contribution in [0.4, 0.5) is 17.1 Å². The van der Waals surface area contributed by atoms with Gasteiger partial charge >= 0.3 is 0 Å². The van der Waals surface area contributed by atoms with Gasteiger partial charge in [-0.2, -0.15) is 0 Å². The Bertz CT molecular complexity index is 1510. The number of benzene rings is 3. The summed E-state index contributed by atoms with van der Waals surface area (Å²) in [7, 11) is 1.55. The Morgan fingerprint density at radius 3 is 2.18 bits per heavy atom. The highest BCUT2D eigenvalue weighted by Gasteiger charge is 2.40. The molecule has 2 N–H and O–H groups in total. The lowest BCUT2D eigenvalue weighted by Gasteiger charge is -2.15. The van der Waals surface area contributed by atoms with Crippen LogP contribution < -0.4 is 20.3 Å². The number of nitrogens with zero attached hydrogens (tertiary/aromatic N) is 1. The van der Waals surface area contributed by atoms with Gasteiger partial charge in [0.05, 0.1) is 19.1 Å². The van der Waals surface area contributed by atoms with E-state index in [1.54, 1.807) is 67.8 Å². The molecule has 9 heteroatoms. The summed E-state index contributed by atoms with van der Waals surface area (Å²) >= 11 is 1.17. The Kier molecular flexibility index (Phi) is 7.01. The minimum absolute atomic E-state index is 0.190. The Morgan fingerprint density at radius 1 is 0.868 bits per heavy atom. The molecule has 4 aromatic rings. The molecule has 0 saturated heterocycles. The summed E-state index contributed by atoms with van der Waals surface area (Å²) in [6.07, 6.45) is 1.43. The first-order valence-electron chi connectivity index (χ1n) is 11.7. The number of ether oxygens (including phenoxy) is 1. The van der Waals surface area contributed by atoms with Gasteiger partial charge in [-0.25, -0.2) is 4.90 Å². The molecule has 0 saturated carbocycles. The summed E-state index contributed by atoms with van der Waals surface area (Å²) < 4.78 is 10.3. The molecule has 190 valence electrons. The Labute approximate surface area is 223 Å². The van der Waals surface area contributed by atoms with Crippen LogP contribution in [-0.4, -0.2) is 24.8 Å². The first-order valence-corrected chi connectivity index (χ1v) is 12.5. The second-order valence-corrected chi connectivity index (χ2v) is 9.48. The first kappa shape index (κ1) is 24.9. The Hall–Kier alpha value is -4.76. The fourth-order valence-corrected chi connectivity index (χ4v) is 4.71. The van der Waals surface area contributed by atoms with E-state index in [1.165, 1.54) is 18.0 Å². The lowest BCUT2D eigenvalue weighted by Crippen LogP contribution is -2.32. The van der Waals surface area contributed by atoms with Gasteiger partial charge in [0, 0.05) is 16.3 Å². The highest BCUT2D eigenvalue weighted by molar-refractivity contribution is 8.04.